The van der Waals surface area contributed by atoms with Gasteiger partial charge in [0.15, 0.2) is 0 Å². The molecule has 1 aromatic carbocycles. The van der Waals surface area contributed by atoms with Crippen molar-refractivity contribution in [3.8, 4) is 11.1 Å². The second-order valence-corrected chi connectivity index (χ2v) is 5.18. The molecule has 0 unspecified atom stereocenters. The van der Waals surface area contributed by atoms with Crippen LogP contribution in [-0.2, 0) is 10.0 Å². The first-order valence-corrected chi connectivity index (χ1v) is 6.59. The van der Waals surface area contributed by atoms with Crippen LogP contribution in [0.1, 0.15) is 10.4 Å². The molecule has 0 aliphatic heterocycles. The highest BCUT2D eigenvalue weighted by Crippen LogP contribution is 2.26. The summed E-state index contributed by atoms with van der Waals surface area (Å²) in [6, 6.07) is 7.53. The zero-order valence-electron chi connectivity index (χ0n) is 9.28. The fourth-order valence-electron chi connectivity index (χ4n) is 1.63. The summed E-state index contributed by atoms with van der Waals surface area (Å²) in [6.45, 7) is 0. The predicted molar refractivity (Wildman–Crippen MR) is 66.4 cm³/mol. The van der Waals surface area contributed by atoms with Gasteiger partial charge in [-0.2, -0.15) is 0 Å². The van der Waals surface area contributed by atoms with Gasteiger partial charge in [0.2, 0.25) is 10.0 Å². The van der Waals surface area contributed by atoms with E-state index in [4.69, 9.17) is 5.14 Å². The molecule has 6 heteroatoms. The number of carbonyl (C=O) groups is 1. The zero-order chi connectivity index (χ0) is 13.2. The number of sulfonamides is 1. The highest BCUT2D eigenvalue weighted by molar-refractivity contribution is 7.89. The Balaban J connectivity index is 2.74. The SMILES string of the molecule is NS(=O)(=O)c1ccc(C=O)cc1-c1ccncc1. The molecule has 92 valence electrons. The van der Waals surface area contributed by atoms with Gasteiger partial charge in [0.1, 0.15) is 6.29 Å². The molecule has 1 heterocycles. The molecule has 2 rings (SSSR count). The summed E-state index contributed by atoms with van der Waals surface area (Å²) >= 11 is 0. The molecular formula is C12H10N2O3S. The van der Waals surface area contributed by atoms with E-state index in [1.54, 1.807) is 12.1 Å². The van der Waals surface area contributed by atoms with Gasteiger partial charge in [-0.05, 0) is 29.8 Å². The normalized spacial score (nSPS) is 11.2. The minimum absolute atomic E-state index is 0.0145. The minimum Gasteiger partial charge on any atom is -0.298 e. The average Bonchev–Trinajstić information content (AvgIpc) is 2.38. The molecule has 0 saturated heterocycles. The fraction of sp³-hybridized carbons (Fsp3) is 0. The number of aromatic nitrogens is 1. The van der Waals surface area contributed by atoms with Gasteiger partial charge in [-0.3, -0.25) is 9.78 Å². The molecule has 0 spiro atoms. The van der Waals surface area contributed by atoms with Crippen molar-refractivity contribution < 1.29 is 13.2 Å². The van der Waals surface area contributed by atoms with Crippen molar-refractivity contribution >= 4 is 16.3 Å². The van der Waals surface area contributed by atoms with Gasteiger partial charge < -0.3 is 0 Å². The lowest BCUT2D eigenvalue weighted by molar-refractivity contribution is 0.112. The first-order chi connectivity index (χ1) is 8.52. The Labute approximate surface area is 104 Å². The predicted octanol–water partition coefficient (Wildman–Crippen LogP) is 1.21. The maximum atomic E-state index is 11.5. The molecule has 0 bridgehead atoms. The number of nitrogens with two attached hydrogens (primary N) is 1. The van der Waals surface area contributed by atoms with Gasteiger partial charge in [0.05, 0.1) is 4.90 Å². The molecule has 0 amide bonds. The molecular weight excluding hydrogens is 252 g/mol. The number of hydrogen-bond donors (Lipinski definition) is 1. The van der Waals surface area contributed by atoms with Crippen molar-refractivity contribution in [3.05, 3.63) is 48.3 Å². The Kier molecular flexibility index (Phi) is 3.22. The zero-order valence-corrected chi connectivity index (χ0v) is 10.1. The third-order valence-corrected chi connectivity index (χ3v) is 3.41. The summed E-state index contributed by atoms with van der Waals surface area (Å²) in [4.78, 5) is 14.6. The number of carbonyl (C=O) groups excluding carboxylic acids is 1. The van der Waals surface area contributed by atoms with Crippen molar-refractivity contribution in [2.45, 2.75) is 4.90 Å². The molecule has 0 fully saturated rings. The van der Waals surface area contributed by atoms with E-state index in [9.17, 15) is 13.2 Å². The van der Waals surface area contributed by atoms with Gasteiger partial charge in [-0.15, -0.1) is 0 Å². The van der Waals surface area contributed by atoms with Gasteiger partial charge >= 0.3 is 0 Å². The molecule has 0 radical (unpaired) electrons. The van der Waals surface area contributed by atoms with Crippen LogP contribution in [0.4, 0.5) is 0 Å². The van der Waals surface area contributed by atoms with Crippen LogP contribution in [0.3, 0.4) is 0 Å². The standard InChI is InChI=1S/C12H10N2O3S/c13-18(16,17)12-2-1-9(8-15)7-11(12)10-3-5-14-6-4-10/h1-8H,(H2,13,16,17). The first kappa shape index (κ1) is 12.4. The lowest BCUT2D eigenvalue weighted by atomic mass is 10.0. The number of nitrogens with zero attached hydrogens (tertiary/aromatic N) is 1. The van der Waals surface area contributed by atoms with Crippen LogP contribution in [-0.4, -0.2) is 19.7 Å². The second-order valence-electron chi connectivity index (χ2n) is 3.65. The van der Waals surface area contributed by atoms with Crippen molar-refractivity contribution in [2.24, 2.45) is 5.14 Å². The third kappa shape index (κ3) is 2.44. The lowest BCUT2D eigenvalue weighted by Gasteiger charge is -2.08. The Hall–Kier alpha value is -2.05. The number of primary sulfonamides is 1. The van der Waals surface area contributed by atoms with Gasteiger partial charge in [0, 0.05) is 23.5 Å². The highest BCUT2D eigenvalue weighted by Gasteiger charge is 2.15. The summed E-state index contributed by atoms with van der Waals surface area (Å²) in [5, 5.41) is 5.15. The van der Waals surface area contributed by atoms with Crippen LogP contribution < -0.4 is 5.14 Å². The summed E-state index contributed by atoms with van der Waals surface area (Å²) in [6.07, 6.45) is 3.73. The Morgan fingerprint density at radius 2 is 1.78 bits per heavy atom. The monoisotopic (exact) mass is 262 g/mol. The van der Waals surface area contributed by atoms with E-state index in [1.165, 1.54) is 30.6 Å². The molecule has 0 saturated carbocycles. The number of hydrogen-bond acceptors (Lipinski definition) is 4. The van der Waals surface area contributed by atoms with E-state index in [1.807, 2.05) is 0 Å². The van der Waals surface area contributed by atoms with Crippen LogP contribution >= 0.6 is 0 Å². The van der Waals surface area contributed by atoms with E-state index in [0.29, 0.717) is 23.0 Å². The maximum absolute atomic E-state index is 11.5. The average molecular weight is 262 g/mol. The summed E-state index contributed by atoms with van der Waals surface area (Å²) in [5.74, 6) is 0. The second kappa shape index (κ2) is 4.67. The largest absolute Gasteiger partial charge is 0.298 e. The topological polar surface area (TPSA) is 90.1 Å². The minimum atomic E-state index is -3.84. The van der Waals surface area contributed by atoms with Crippen LogP contribution in [0.5, 0.6) is 0 Å². The molecule has 2 N–H and O–H groups in total. The number of pyridine rings is 1. The van der Waals surface area contributed by atoms with Crippen molar-refractivity contribution in [2.75, 3.05) is 0 Å². The molecule has 0 atom stereocenters. The van der Waals surface area contributed by atoms with Crippen molar-refractivity contribution in [1.82, 2.24) is 4.98 Å². The molecule has 5 nitrogen and oxygen atoms in total. The van der Waals surface area contributed by atoms with Crippen LogP contribution in [0, 0.1) is 0 Å². The number of aldehydes is 1. The van der Waals surface area contributed by atoms with E-state index >= 15 is 0 Å². The third-order valence-electron chi connectivity index (χ3n) is 2.44. The molecule has 2 aromatic rings. The molecule has 0 aliphatic rings. The van der Waals surface area contributed by atoms with Crippen LogP contribution in [0.25, 0.3) is 11.1 Å². The molecule has 18 heavy (non-hydrogen) atoms. The molecule has 1 aromatic heterocycles. The van der Waals surface area contributed by atoms with E-state index < -0.39 is 10.0 Å². The Bertz CT molecular complexity index is 682. The Morgan fingerprint density at radius 3 is 2.33 bits per heavy atom. The van der Waals surface area contributed by atoms with E-state index in [0.717, 1.165) is 0 Å². The van der Waals surface area contributed by atoms with Crippen LogP contribution in [0.15, 0.2) is 47.6 Å². The Morgan fingerprint density at radius 1 is 1.11 bits per heavy atom. The number of benzene rings is 1. The lowest BCUT2D eigenvalue weighted by Crippen LogP contribution is -2.13. The van der Waals surface area contributed by atoms with Gasteiger partial charge in [-0.25, -0.2) is 13.6 Å². The molecule has 0 aliphatic carbocycles. The van der Waals surface area contributed by atoms with Crippen LogP contribution in [0.2, 0.25) is 0 Å². The van der Waals surface area contributed by atoms with E-state index in [-0.39, 0.29) is 4.90 Å². The van der Waals surface area contributed by atoms with Gasteiger partial charge in [-0.1, -0.05) is 6.07 Å². The smallest absolute Gasteiger partial charge is 0.238 e. The van der Waals surface area contributed by atoms with Crippen molar-refractivity contribution in [3.63, 3.8) is 0 Å². The quantitative estimate of drug-likeness (QED) is 0.842. The summed E-state index contributed by atoms with van der Waals surface area (Å²) in [5.41, 5.74) is 1.41. The summed E-state index contributed by atoms with van der Waals surface area (Å²) in [7, 11) is -3.84. The van der Waals surface area contributed by atoms with Crippen molar-refractivity contribution in [1.29, 1.82) is 0 Å². The maximum Gasteiger partial charge on any atom is 0.238 e. The number of rotatable bonds is 3. The van der Waals surface area contributed by atoms with E-state index in [2.05, 4.69) is 4.98 Å². The first-order valence-electron chi connectivity index (χ1n) is 5.05. The summed E-state index contributed by atoms with van der Waals surface area (Å²) < 4.78 is 23.0. The fourth-order valence-corrected chi connectivity index (χ4v) is 2.37. The van der Waals surface area contributed by atoms with Gasteiger partial charge in [0.25, 0.3) is 0 Å². The highest BCUT2D eigenvalue weighted by atomic mass is 32.2.